The molecule has 4 rings (SSSR count). The topological polar surface area (TPSA) is 89.3 Å². The number of hydrogen-bond acceptors (Lipinski definition) is 6. The van der Waals surface area contributed by atoms with Crippen molar-refractivity contribution in [3.63, 3.8) is 0 Å². The molecule has 0 saturated carbocycles. The Morgan fingerprint density at radius 3 is 2.66 bits per heavy atom. The van der Waals surface area contributed by atoms with E-state index in [0.29, 0.717) is 29.5 Å². The van der Waals surface area contributed by atoms with Crippen molar-refractivity contribution in [3.05, 3.63) is 77.5 Å². The van der Waals surface area contributed by atoms with Crippen LogP contribution in [0, 0.1) is 0 Å². The number of thiophene rings is 1. The van der Waals surface area contributed by atoms with Crippen LogP contribution in [0.4, 0.5) is 16.2 Å². The summed E-state index contributed by atoms with van der Waals surface area (Å²) in [7, 11) is 1.60. The number of rotatable bonds is 6. The summed E-state index contributed by atoms with van der Waals surface area (Å²) >= 11 is 1.55. The third-order valence-corrected chi connectivity index (χ3v) is 5.03. The van der Waals surface area contributed by atoms with E-state index in [-0.39, 0.29) is 6.03 Å². The number of hydrogen-bond donors (Lipinski definition) is 2. The minimum atomic E-state index is -0.340. The van der Waals surface area contributed by atoms with E-state index in [4.69, 9.17) is 9.26 Å². The molecule has 29 heavy (non-hydrogen) atoms. The predicted molar refractivity (Wildman–Crippen MR) is 112 cm³/mol. The van der Waals surface area contributed by atoms with Gasteiger partial charge in [-0.1, -0.05) is 29.4 Å². The van der Waals surface area contributed by atoms with E-state index in [1.165, 1.54) is 0 Å². The molecular formula is C21H18N4O3S. The van der Waals surface area contributed by atoms with E-state index in [1.807, 2.05) is 41.8 Å². The normalized spacial score (nSPS) is 10.5. The maximum Gasteiger partial charge on any atom is 0.323 e. The van der Waals surface area contributed by atoms with Crippen LogP contribution < -0.4 is 15.4 Å². The summed E-state index contributed by atoms with van der Waals surface area (Å²) in [5.41, 5.74) is 2.21. The van der Waals surface area contributed by atoms with Gasteiger partial charge in [-0.2, -0.15) is 4.98 Å². The number of carbonyl (C=O) groups is 1. The number of benzene rings is 2. The maximum absolute atomic E-state index is 12.4. The van der Waals surface area contributed by atoms with E-state index in [1.54, 1.807) is 42.7 Å². The lowest BCUT2D eigenvalue weighted by Gasteiger charge is -2.11. The average Bonchev–Trinajstić information content (AvgIpc) is 3.42. The maximum atomic E-state index is 12.4. The van der Waals surface area contributed by atoms with Gasteiger partial charge in [0.1, 0.15) is 5.75 Å². The number of nitrogens with zero attached hydrogens (tertiary/aromatic N) is 2. The zero-order valence-electron chi connectivity index (χ0n) is 15.6. The Bertz CT molecular complexity index is 1090. The Hall–Kier alpha value is -3.65. The summed E-state index contributed by atoms with van der Waals surface area (Å²) in [5, 5.41) is 11.7. The van der Waals surface area contributed by atoms with Gasteiger partial charge >= 0.3 is 6.03 Å². The van der Waals surface area contributed by atoms with Crippen LogP contribution in [0.3, 0.4) is 0 Å². The van der Waals surface area contributed by atoms with Crippen LogP contribution in [0.5, 0.6) is 5.75 Å². The van der Waals surface area contributed by atoms with Crippen molar-refractivity contribution in [3.8, 4) is 16.5 Å². The molecule has 0 aliphatic rings. The second-order valence-electron chi connectivity index (χ2n) is 6.13. The fraction of sp³-hybridized carbons (Fsp3) is 0.0952. The lowest BCUT2D eigenvalue weighted by Crippen LogP contribution is -2.20. The molecule has 0 atom stereocenters. The monoisotopic (exact) mass is 406 g/mol. The van der Waals surface area contributed by atoms with Gasteiger partial charge in [0.05, 0.1) is 18.4 Å². The molecule has 0 bridgehead atoms. The van der Waals surface area contributed by atoms with Crippen molar-refractivity contribution in [2.24, 2.45) is 0 Å². The summed E-state index contributed by atoms with van der Waals surface area (Å²) in [6.45, 7) is 0. The molecule has 2 N–H and O–H groups in total. The van der Waals surface area contributed by atoms with Gasteiger partial charge in [0.25, 0.3) is 0 Å². The SMILES string of the molecule is COc1ccc(NC(=O)Nc2ccccc2Cc2nc(-c3cccs3)no2)cc1. The molecule has 8 heteroatoms. The molecular weight excluding hydrogens is 388 g/mol. The highest BCUT2D eigenvalue weighted by molar-refractivity contribution is 7.13. The predicted octanol–water partition coefficient (Wildman–Crippen LogP) is 5.04. The molecule has 0 fully saturated rings. The van der Waals surface area contributed by atoms with Crippen molar-refractivity contribution in [2.75, 3.05) is 17.7 Å². The van der Waals surface area contributed by atoms with Crippen molar-refractivity contribution in [2.45, 2.75) is 6.42 Å². The number of amides is 2. The van der Waals surface area contributed by atoms with Crippen molar-refractivity contribution >= 4 is 28.7 Å². The summed E-state index contributed by atoms with van der Waals surface area (Å²) < 4.78 is 10.5. The number of ether oxygens (including phenoxy) is 1. The highest BCUT2D eigenvalue weighted by Gasteiger charge is 2.13. The number of para-hydroxylation sites is 1. The van der Waals surface area contributed by atoms with Crippen molar-refractivity contribution in [1.29, 1.82) is 0 Å². The van der Waals surface area contributed by atoms with Gasteiger partial charge in [0.2, 0.25) is 11.7 Å². The van der Waals surface area contributed by atoms with Crippen LogP contribution in [0.1, 0.15) is 11.5 Å². The first-order valence-corrected chi connectivity index (χ1v) is 9.75. The fourth-order valence-corrected chi connectivity index (χ4v) is 3.40. The second kappa shape index (κ2) is 8.57. The Balaban J connectivity index is 1.44. The van der Waals surface area contributed by atoms with Crippen LogP contribution in [0.2, 0.25) is 0 Å². The standard InChI is InChI=1S/C21H18N4O3S/c1-27-16-10-8-15(9-11-16)22-21(26)23-17-6-3-2-5-14(17)13-19-24-20(25-28-19)18-7-4-12-29-18/h2-12H,13H2,1H3,(H2,22,23,26). The molecule has 2 amide bonds. The van der Waals surface area contributed by atoms with Gasteiger partial charge in [0.15, 0.2) is 0 Å². The largest absolute Gasteiger partial charge is 0.497 e. The van der Waals surface area contributed by atoms with E-state index in [9.17, 15) is 4.79 Å². The summed E-state index contributed by atoms with van der Waals surface area (Å²) in [5.74, 6) is 1.78. The van der Waals surface area contributed by atoms with Crippen LogP contribution in [-0.2, 0) is 6.42 Å². The molecule has 2 aromatic carbocycles. The Morgan fingerprint density at radius 2 is 1.90 bits per heavy atom. The van der Waals surface area contributed by atoms with E-state index >= 15 is 0 Å². The van der Waals surface area contributed by atoms with E-state index < -0.39 is 0 Å². The first kappa shape index (κ1) is 18.7. The molecule has 0 radical (unpaired) electrons. The molecule has 0 saturated heterocycles. The van der Waals surface area contributed by atoms with E-state index in [2.05, 4.69) is 20.8 Å². The number of carbonyl (C=O) groups excluding carboxylic acids is 1. The van der Waals surface area contributed by atoms with Crippen LogP contribution in [0.15, 0.2) is 70.6 Å². The quantitative estimate of drug-likeness (QED) is 0.468. The van der Waals surface area contributed by atoms with Crippen molar-refractivity contribution < 1.29 is 14.1 Å². The third kappa shape index (κ3) is 4.61. The number of anilines is 2. The zero-order valence-corrected chi connectivity index (χ0v) is 16.4. The fourth-order valence-electron chi connectivity index (χ4n) is 2.75. The summed E-state index contributed by atoms with van der Waals surface area (Å²) in [4.78, 5) is 17.8. The van der Waals surface area contributed by atoms with Gasteiger partial charge in [-0.05, 0) is 47.3 Å². The number of nitrogens with one attached hydrogen (secondary N) is 2. The number of aromatic nitrogens is 2. The van der Waals surface area contributed by atoms with Crippen LogP contribution >= 0.6 is 11.3 Å². The van der Waals surface area contributed by atoms with Gasteiger partial charge in [0, 0.05) is 11.4 Å². The Labute approximate surface area is 171 Å². The smallest absolute Gasteiger partial charge is 0.323 e. The third-order valence-electron chi connectivity index (χ3n) is 4.16. The minimum absolute atomic E-state index is 0.340. The Kier molecular flexibility index (Phi) is 5.53. The zero-order chi connectivity index (χ0) is 20.1. The molecule has 2 aromatic heterocycles. The van der Waals surface area contributed by atoms with Gasteiger partial charge < -0.3 is 19.9 Å². The molecule has 146 valence electrons. The van der Waals surface area contributed by atoms with Crippen molar-refractivity contribution in [1.82, 2.24) is 10.1 Å². The number of methoxy groups -OCH3 is 1. The molecule has 0 aliphatic carbocycles. The van der Waals surface area contributed by atoms with Gasteiger partial charge in [-0.25, -0.2) is 4.79 Å². The second-order valence-corrected chi connectivity index (χ2v) is 7.08. The van der Waals surface area contributed by atoms with Crippen LogP contribution in [-0.4, -0.2) is 23.3 Å². The highest BCUT2D eigenvalue weighted by atomic mass is 32.1. The molecule has 7 nitrogen and oxygen atoms in total. The molecule has 0 unspecified atom stereocenters. The lowest BCUT2D eigenvalue weighted by molar-refractivity contribution is 0.262. The minimum Gasteiger partial charge on any atom is -0.497 e. The first-order chi connectivity index (χ1) is 14.2. The molecule has 4 aromatic rings. The Morgan fingerprint density at radius 1 is 1.07 bits per heavy atom. The van der Waals surface area contributed by atoms with Gasteiger partial charge in [-0.3, -0.25) is 0 Å². The van der Waals surface area contributed by atoms with E-state index in [0.717, 1.165) is 16.2 Å². The molecule has 0 aliphatic heterocycles. The highest BCUT2D eigenvalue weighted by Crippen LogP contribution is 2.24. The molecule has 2 heterocycles. The summed E-state index contributed by atoms with van der Waals surface area (Å²) in [6.07, 6.45) is 0.414. The summed E-state index contributed by atoms with van der Waals surface area (Å²) in [6, 6.07) is 18.2. The lowest BCUT2D eigenvalue weighted by atomic mass is 10.1. The van der Waals surface area contributed by atoms with Crippen LogP contribution in [0.25, 0.3) is 10.7 Å². The number of urea groups is 1. The molecule has 0 spiro atoms. The van der Waals surface area contributed by atoms with Gasteiger partial charge in [-0.15, -0.1) is 11.3 Å². The average molecular weight is 406 g/mol. The first-order valence-electron chi connectivity index (χ1n) is 8.88.